The molecule has 1 saturated heterocycles. The van der Waals surface area contributed by atoms with E-state index < -0.39 is 17.2 Å². The topological polar surface area (TPSA) is 96.5 Å². The largest absolute Gasteiger partial charge is 0.444 e. The van der Waals surface area contributed by atoms with Crippen LogP contribution < -0.4 is 10.6 Å². The maximum atomic E-state index is 13.1. The second-order valence-corrected chi connectivity index (χ2v) is 13.4. The van der Waals surface area contributed by atoms with E-state index in [4.69, 9.17) is 9.72 Å². The quantitative estimate of drug-likeness (QED) is 0.499. The first kappa shape index (κ1) is 27.9. The maximum absolute atomic E-state index is 13.1. The van der Waals surface area contributed by atoms with Crippen LogP contribution in [0.3, 0.4) is 0 Å². The van der Waals surface area contributed by atoms with Crippen LogP contribution in [0.1, 0.15) is 84.7 Å². The predicted molar refractivity (Wildman–Crippen MR) is 145 cm³/mol. The fraction of sp³-hybridized carbons (Fsp3) is 0.630. The number of likely N-dealkylation sites (tertiary alicyclic amines) is 1. The fourth-order valence-corrected chi connectivity index (χ4v) is 5.33. The van der Waals surface area contributed by atoms with Crippen LogP contribution in [0.2, 0.25) is 0 Å². The third-order valence-electron chi connectivity index (χ3n) is 5.81. The molecule has 0 bridgehead atoms. The summed E-state index contributed by atoms with van der Waals surface area (Å²) >= 11 is 1.66. The smallest absolute Gasteiger partial charge is 0.408 e. The molecule has 1 aliphatic heterocycles. The van der Waals surface area contributed by atoms with E-state index in [2.05, 4.69) is 36.4 Å². The molecule has 36 heavy (non-hydrogen) atoms. The molecule has 0 atom stereocenters. The zero-order valence-corrected chi connectivity index (χ0v) is 23.7. The van der Waals surface area contributed by atoms with Crippen molar-refractivity contribution in [1.29, 1.82) is 0 Å². The molecule has 8 nitrogen and oxygen atoms in total. The number of amides is 2. The summed E-state index contributed by atoms with van der Waals surface area (Å²) in [5, 5.41) is 6.92. The van der Waals surface area contributed by atoms with Crippen LogP contribution in [0.5, 0.6) is 0 Å². The monoisotopic (exact) mass is 515 g/mol. The average Bonchev–Trinajstić information content (AvgIpc) is 3.16. The number of hydrogen-bond acceptors (Lipinski definition) is 7. The number of thiazole rings is 1. The van der Waals surface area contributed by atoms with E-state index in [1.54, 1.807) is 46.0 Å². The van der Waals surface area contributed by atoms with Crippen molar-refractivity contribution in [2.45, 2.75) is 91.7 Å². The van der Waals surface area contributed by atoms with Gasteiger partial charge < -0.3 is 20.3 Å². The number of alkyl carbamates (subject to hydrolysis) is 1. The lowest BCUT2D eigenvalue weighted by Crippen LogP contribution is -2.57. The zero-order valence-electron chi connectivity index (χ0n) is 22.9. The molecule has 1 aliphatic rings. The van der Waals surface area contributed by atoms with E-state index in [1.165, 1.54) is 4.88 Å². The van der Waals surface area contributed by atoms with Crippen LogP contribution in [0.15, 0.2) is 24.4 Å². The van der Waals surface area contributed by atoms with Crippen molar-refractivity contribution in [2.24, 2.45) is 5.41 Å². The number of nitrogens with zero attached hydrogens (tertiary/aromatic N) is 3. The van der Waals surface area contributed by atoms with Crippen LogP contribution in [0.25, 0.3) is 0 Å². The van der Waals surface area contributed by atoms with Gasteiger partial charge in [-0.05, 0) is 71.4 Å². The van der Waals surface area contributed by atoms with Gasteiger partial charge in [-0.15, -0.1) is 11.3 Å². The van der Waals surface area contributed by atoms with Gasteiger partial charge >= 0.3 is 6.09 Å². The molecule has 198 valence electrons. The van der Waals surface area contributed by atoms with Gasteiger partial charge in [0.25, 0.3) is 0 Å². The number of anilines is 2. The molecule has 3 rings (SSSR count). The number of pyridine rings is 1. The summed E-state index contributed by atoms with van der Waals surface area (Å²) in [5.41, 5.74) is -0.424. The van der Waals surface area contributed by atoms with Crippen molar-refractivity contribution in [2.75, 3.05) is 18.4 Å². The van der Waals surface area contributed by atoms with E-state index in [9.17, 15) is 9.59 Å². The highest BCUT2D eigenvalue weighted by atomic mass is 32.1. The first-order valence-corrected chi connectivity index (χ1v) is 13.4. The normalized spacial score (nSPS) is 15.5. The number of nitrogens with one attached hydrogen (secondary N) is 2. The Morgan fingerprint density at radius 3 is 2.36 bits per heavy atom. The van der Waals surface area contributed by atoms with Crippen LogP contribution in [-0.4, -0.2) is 51.1 Å². The number of piperidine rings is 1. The number of carbonyl (C=O) groups is 2. The molecule has 2 aromatic rings. The molecule has 9 heteroatoms. The highest BCUT2D eigenvalue weighted by Crippen LogP contribution is 2.31. The minimum absolute atomic E-state index is 0.106. The summed E-state index contributed by atoms with van der Waals surface area (Å²) < 4.78 is 5.32. The van der Waals surface area contributed by atoms with E-state index in [1.807, 2.05) is 29.3 Å². The fourth-order valence-electron chi connectivity index (χ4n) is 4.21. The summed E-state index contributed by atoms with van der Waals surface area (Å²) in [5.74, 6) is 0.945. The molecule has 1 fully saturated rings. The molecule has 0 unspecified atom stereocenters. The molecule has 2 amide bonds. The van der Waals surface area contributed by atoms with Crippen molar-refractivity contribution in [3.8, 4) is 0 Å². The van der Waals surface area contributed by atoms with Crippen LogP contribution >= 0.6 is 11.3 Å². The Balaban J connectivity index is 1.56. The number of hydrogen-bond donors (Lipinski definition) is 2. The molecule has 0 aliphatic carbocycles. The van der Waals surface area contributed by atoms with Gasteiger partial charge in [-0.2, -0.15) is 0 Å². The Morgan fingerprint density at radius 1 is 1.08 bits per heavy atom. The van der Waals surface area contributed by atoms with Crippen molar-refractivity contribution in [3.05, 3.63) is 35.0 Å². The third kappa shape index (κ3) is 8.18. The van der Waals surface area contributed by atoms with Gasteiger partial charge in [0, 0.05) is 35.8 Å². The highest BCUT2D eigenvalue weighted by Gasteiger charge is 2.36. The van der Waals surface area contributed by atoms with Crippen molar-refractivity contribution in [1.82, 2.24) is 20.2 Å². The van der Waals surface area contributed by atoms with E-state index in [-0.39, 0.29) is 17.2 Å². The van der Waals surface area contributed by atoms with Crippen molar-refractivity contribution < 1.29 is 14.3 Å². The first-order chi connectivity index (χ1) is 16.6. The molecule has 2 aromatic heterocycles. The Labute approximate surface area is 219 Å². The average molecular weight is 516 g/mol. The third-order valence-corrected chi connectivity index (χ3v) is 6.73. The van der Waals surface area contributed by atoms with Gasteiger partial charge in [0.2, 0.25) is 5.91 Å². The summed E-state index contributed by atoms with van der Waals surface area (Å²) in [4.78, 5) is 37.8. The zero-order chi connectivity index (χ0) is 26.7. The molecular weight excluding hydrogens is 474 g/mol. The molecule has 0 saturated carbocycles. The number of carbonyl (C=O) groups excluding carboxylic acids is 2. The second kappa shape index (κ2) is 10.7. The van der Waals surface area contributed by atoms with Gasteiger partial charge in [-0.25, -0.2) is 14.8 Å². The molecule has 0 aromatic carbocycles. The lowest BCUT2D eigenvalue weighted by atomic mass is 9.91. The number of aromatic nitrogens is 2. The Bertz CT molecular complexity index is 1060. The lowest BCUT2D eigenvalue weighted by molar-refractivity contribution is -0.138. The Kier molecular flexibility index (Phi) is 8.33. The van der Waals surface area contributed by atoms with E-state index >= 15 is 0 Å². The number of ether oxygens (including phenoxy) is 1. The summed E-state index contributed by atoms with van der Waals surface area (Å²) in [7, 11) is 0. The summed E-state index contributed by atoms with van der Waals surface area (Å²) in [6.45, 7) is 16.7. The molecule has 0 spiro atoms. The van der Waals surface area contributed by atoms with Crippen LogP contribution in [0, 0.1) is 5.41 Å². The van der Waals surface area contributed by atoms with Crippen LogP contribution in [0.4, 0.5) is 15.7 Å². The van der Waals surface area contributed by atoms with E-state index in [0.717, 1.165) is 35.9 Å². The van der Waals surface area contributed by atoms with Crippen LogP contribution in [-0.2, 0) is 16.0 Å². The van der Waals surface area contributed by atoms with Gasteiger partial charge in [-0.1, -0.05) is 26.8 Å². The van der Waals surface area contributed by atoms with Gasteiger partial charge in [0.1, 0.15) is 17.0 Å². The summed E-state index contributed by atoms with van der Waals surface area (Å²) in [6.07, 6.45) is 3.97. The molecule has 2 N–H and O–H groups in total. The Hall–Kier alpha value is -2.68. The molecule has 3 heterocycles. The standard InChI is InChI=1S/C27H41N5O3S/c1-25(2,3)16-19-17-28-23(36-19)30-21-11-9-10-20(29-21)18-12-14-32(15-13-18)22(33)27(7,8)31-24(34)35-26(4,5)6/h9-11,17-18H,12-16H2,1-8H3,(H,31,34)(H,28,29,30). The lowest BCUT2D eigenvalue weighted by Gasteiger charge is -2.37. The Morgan fingerprint density at radius 2 is 1.75 bits per heavy atom. The minimum Gasteiger partial charge on any atom is -0.444 e. The minimum atomic E-state index is -1.04. The maximum Gasteiger partial charge on any atom is 0.408 e. The van der Waals surface area contributed by atoms with Gasteiger partial charge in [0.05, 0.1) is 0 Å². The SMILES string of the molecule is CC(C)(C)Cc1cnc(Nc2cccc(C3CCN(C(=O)C(C)(C)NC(=O)OC(C)(C)C)CC3)n2)s1. The molecule has 0 radical (unpaired) electrons. The van der Waals surface area contributed by atoms with Crippen molar-refractivity contribution in [3.63, 3.8) is 0 Å². The number of rotatable bonds is 6. The van der Waals surface area contributed by atoms with Crippen molar-refractivity contribution >= 4 is 34.3 Å². The van der Waals surface area contributed by atoms with E-state index in [0.29, 0.717) is 13.1 Å². The molecular formula is C27H41N5O3S. The predicted octanol–water partition coefficient (Wildman–Crippen LogP) is 5.88. The second-order valence-electron chi connectivity index (χ2n) is 12.3. The first-order valence-electron chi connectivity index (χ1n) is 12.6. The highest BCUT2D eigenvalue weighted by molar-refractivity contribution is 7.15. The van der Waals surface area contributed by atoms with Gasteiger partial charge in [0.15, 0.2) is 5.13 Å². The summed E-state index contributed by atoms with van der Waals surface area (Å²) in [6, 6.07) is 6.02. The van der Waals surface area contributed by atoms with Gasteiger partial charge in [-0.3, -0.25) is 4.79 Å².